The van der Waals surface area contributed by atoms with Crippen molar-refractivity contribution in [2.24, 2.45) is 5.73 Å². The van der Waals surface area contributed by atoms with Crippen LogP contribution in [0.5, 0.6) is 0 Å². The summed E-state index contributed by atoms with van der Waals surface area (Å²) in [6.45, 7) is 0.555. The molecule has 8 heavy (non-hydrogen) atoms. The molecule has 48 valence electrons. The van der Waals surface area contributed by atoms with Crippen LogP contribution in [-0.4, -0.2) is 26.0 Å². The first-order valence-electron chi connectivity index (χ1n) is 2.51. The Labute approximate surface area is 48.8 Å². The summed E-state index contributed by atoms with van der Waals surface area (Å²) in [5, 5.41) is 0. The van der Waals surface area contributed by atoms with Gasteiger partial charge in [-0.25, -0.2) is 0 Å². The van der Waals surface area contributed by atoms with Gasteiger partial charge >= 0.3 is 0 Å². The largest absolute Gasteiger partial charge is 0.385 e. The van der Waals surface area contributed by atoms with Crippen molar-refractivity contribution in [3.05, 3.63) is 0 Å². The van der Waals surface area contributed by atoms with Crippen molar-refractivity contribution >= 4 is 6.29 Å². The highest BCUT2D eigenvalue weighted by molar-refractivity contribution is 5.56. The van der Waals surface area contributed by atoms with E-state index in [9.17, 15) is 4.79 Å². The van der Waals surface area contributed by atoms with Crippen LogP contribution in [0.15, 0.2) is 0 Å². The average Bonchev–Trinajstić information content (AvgIpc) is 1.83. The van der Waals surface area contributed by atoms with Gasteiger partial charge in [-0.3, -0.25) is 0 Å². The lowest BCUT2D eigenvalue weighted by atomic mass is 10.3. The minimum absolute atomic E-state index is 0.352. The van der Waals surface area contributed by atoms with Crippen molar-refractivity contribution in [3.8, 4) is 0 Å². The number of nitrogens with two attached hydrogens (primary N) is 1. The van der Waals surface area contributed by atoms with Crippen molar-refractivity contribution < 1.29 is 9.53 Å². The molecule has 0 radical (unpaired) electrons. The normalized spacial score (nSPS) is 13.2. The number of carbonyl (C=O) groups is 1. The molecule has 0 aromatic rings. The molecule has 0 fully saturated rings. The van der Waals surface area contributed by atoms with E-state index in [-0.39, 0.29) is 6.04 Å². The Hall–Kier alpha value is -0.410. The summed E-state index contributed by atoms with van der Waals surface area (Å²) in [5.41, 5.74) is 5.21. The van der Waals surface area contributed by atoms with Crippen molar-refractivity contribution in [3.63, 3.8) is 0 Å². The highest BCUT2D eigenvalue weighted by atomic mass is 16.5. The molecule has 0 rings (SSSR count). The van der Waals surface area contributed by atoms with E-state index < -0.39 is 0 Å². The summed E-state index contributed by atoms with van der Waals surface area (Å²) in [4.78, 5) is 9.83. The second-order valence-corrected chi connectivity index (χ2v) is 1.58. The molecule has 2 N–H and O–H groups in total. The standard InChI is InChI=1S/C5H11NO2/c1-8-3-2-5(6)4-7/h4-5H,2-3,6H2,1H3. The predicted molar refractivity (Wildman–Crippen MR) is 30.5 cm³/mol. The molecule has 0 amide bonds. The van der Waals surface area contributed by atoms with Crippen LogP contribution in [-0.2, 0) is 9.53 Å². The Bertz CT molecular complexity index is 65.4. The second kappa shape index (κ2) is 4.74. The van der Waals surface area contributed by atoms with Crippen molar-refractivity contribution in [2.75, 3.05) is 13.7 Å². The molecule has 1 unspecified atom stereocenters. The molecule has 3 nitrogen and oxygen atoms in total. The van der Waals surface area contributed by atoms with Gasteiger partial charge in [0.2, 0.25) is 0 Å². The summed E-state index contributed by atoms with van der Waals surface area (Å²) in [6, 6.07) is -0.352. The van der Waals surface area contributed by atoms with E-state index in [1.165, 1.54) is 0 Å². The zero-order chi connectivity index (χ0) is 6.41. The average molecular weight is 117 g/mol. The molecule has 0 aliphatic rings. The third kappa shape index (κ3) is 3.77. The number of methoxy groups -OCH3 is 1. The van der Waals surface area contributed by atoms with Gasteiger partial charge in [0.25, 0.3) is 0 Å². The maximum atomic E-state index is 9.83. The molecule has 1 atom stereocenters. The Kier molecular flexibility index (Phi) is 4.50. The highest BCUT2D eigenvalue weighted by Crippen LogP contribution is 1.82. The molecule has 0 saturated carbocycles. The zero-order valence-corrected chi connectivity index (χ0v) is 4.96. The Morgan fingerprint density at radius 3 is 2.88 bits per heavy atom. The van der Waals surface area contributed by atoms with Crippen LogP contribution in [0.4, 0.5) is 0 Å². The van der Waals surface area contributed by atoms with Gasteiger partial charge in [0, 0.05) is 13.7 Å². The summed E-state index contributed by atoms with van der Waals surface area (Å²) in [6.07, 6.45) is 1.33. The zero-order valence-electron chi connectivity index (χ0n) is 4.96. The van der Waals surface area contributed by atoms with E-state index >= 15 is 0 Å². The Morgan fingerprint density at radius 2 is 2.50 bits per heavy atom. The van der Waals surface area contributed by atoms with Gasteiger partial charge < -0.3 is 15.3 Å². The summed E-state index contributed by atoms with van der Waals surface area (Å²) < 4.78 is 4.68. The summed E-state index contributed by atoms with van der Waals surface area (Å²) >= 11 is 0. The van der Waals surface area contributed by atoms with Crippen molar-refractivity contribution in [1.82, 2.24) is 0 Å². The van der Waals surface area contributed by atoms with Crippen LogP contribution >= 0.6 is 0 Å². The van der Waals surface area contributed by atoms with Crippen molar-refractivity contribution in [1.29, 1.82) is 0 Å². The number of rotatable bonds is 4. The van der Waals surface area contributed by atoms with Gasteiger partial charge in [-0.05, 0) is 6.42 Å². The molecule has 0 aromatic heterocycles. The van der Waals surface area contributed by atoms with E-state index in [2.05, 4.69) is 4.74 Å². The van der Waals surface area contributed by atoms with Gasteiger partial charge in [-0.15, -0.1) is 0 Å². The maximum Gasteiger partial charge on any atom is 0.136 e. The number of ether oxygens (including phenoxy) is 1. The number of hydrogen-bond donors (Lipinski definition) is 1. The minimum atomic E-state index is -0.352. The minimum Gasteiger partial charge on any atom is -0.385 e. The fourth-order valence-electron chi connectivity index (χ4n) is 0.322. The smallest absolute Gasteiger partial charge is 0.136 e. The van der Waals surface area contributed by atoms with Gasteiger partial charge in [0.15, 0.2) is 0 Å². The van der Waals surface area contributed by atoms with Gasteiger partial charge in [0.05, 0.1) is 6.04 Å². The van der Waals surface area contributed by atoms with Crippen LogP contribution in [0.25, 0.3) is 0 Å². The summed E-state index contributed by atoms with van der Waals surface area (Å²) in [5.74, 6) is 0. The van der Waals surface area contributed by atoms with E-state index in [0.29, 0.717) is 13.0 Å². The predicted octanol–water partition coefficient (Wildman–Crippen LogP) is -0.451. The quantitative estimate of drug-likeness (QED) is 0.507. The third-order valence-electron chi connectivity index (χ3n) is 0.830. The number of carbonyl (C=O) groups excluding carboxylic acids is 1. The Balaban J connectivity index is 2.98. The van der Waals surface area contributed by atoms with Crippen molar-refractivity contribution in [2.45, 2.75) is 12.5 Å². The molecule has 0 bridgehead atoms. The highest BCUT2D eigenvalue weighted by Gasteiger charge is 1.95. The fourth-order valence-corrected chi connectivity index (χ4v) is 0.322. The molecule has 0 spiro atoms. The number of aldehydes is 1. The van der Waals surface area contributed by atoms with Crippen LogP contribution in [0.3, 0.4) is 0 Å². The molecule has 0 saturated heterocycles. The SMILES string of the molecule is COCCC(N)C=O. The fraction of sp³-hybridized carbons (Fsp3) is 0.800. The second-order valence-electron chi connectivity index (χ2n) is 1.58. The van der Waals surface area contributed by atoms with Gasteiger partial charge in [-0.2, -0.15) is 0 Å². The molecule has 0 heterocycles. The lowest BCUT2D eigenvalue weighted by molar-refractivity contribution is -0.109. The Morgan fingerprint density at radius 1 is 1.88 bits per heavy atom. The van der Waals surface area contributed by atoms with Crippen LogP contribution < -0.4 is 5.73 Å². The molecular weight excluding hydrogens is 106 g/mol. The van der Waals surface area contributed by atoms with Crippen LogP contribution in [0, 0.1) is 0 Å². The molecule has 3 heteroatoms. The summed E-state index contributed by atoms with van der Waals surface area (Å²) in [7, 11) is 1.58. The number of hydrogen-bond acceptors (Lipinski definition) is 3. The monoisotopic (exact) mass is 117 g/mol. The van der Waals surface area contributed by atoms with Gasteiger partial charge in [0.1, 0.15) is 6.29 Å². The topological polar surface area (TPSA) is 52.3 Å². The van der Waals surface area contributed by atoms with Crippen LogP contribution in [0.2, 0.25) is 0 Å². The first-order valence-corrected chi connectivity index (χ1v) is 2.51. The molecule has 0 aromatic carbocycles. The van der Waals surface area contributed by atoms with E-state index in [4.69, 9.17) is 5.73 Å². The van der Waals surface area contributed by atoms with E-state index in [1.807, 2.05) is 0 Å². The lowest BCUT2D eigenvalue weighted by Gasteiger charge is -1.99. The molecular formula is C5H11NO2. The van der Waals surface area contributed by atoms with Crippen LogP contribution in [0.1, 0.15) is 6.42 Å². The maximum absolute atomic E-state index is 9.83. The van der Waals surface area contributed by atoms with E-state index in [0.717, 1.165) is 6.29 Å². The van der Waals surface area contributed by atoms with Gasteiger partial charge in [-0.1, -0.05) is 0 Å². The first kappa shape index (κ1) is 7.59. The first-order chi connectivity index (χ1) is 3.81. The van der Waals surface area contributed by atoms with E-state index in [1.54, 1.807) is 7.11 Å². The third-order valence-corrected chi connectivity index (χ3v) is 0.830. The lowest BCUT2D eigenvalue weighted by Crippen LogP contribution is -2.22. The molecule has 0 aliphatic carbocycles. The molecule has 0 aliphatic heterocycles.